The van der Waals surface area contributed by atoms with Gasteiger partial charge < -0.3 is 0 Å². The number of hydrogen-bond acceptors (Lipinski definition) is 4. The fraction of sp³-hybridized carbons (Fsp3) is 0. The van der Waals surface area contributed by atoms with Crippen molar-refractivity contribution in [1.82, 2.24) is 15.0 Å². The average molecular weight is 424 g/mol. The first-order valence-electron chi connectivity index (χ1n) is 9.58. The maximum atomic E-state index is 6.38. The Morgan fingerprint density at radius 2 is 1.20 bits per heavy atom. The van der Waals surface area contributed by atoms with Gasteiger partial charge in [0.1, 0.15) is 0 Å². The molecule has 0 amide bonds. The first-order chi connectivity index (χ1) is 14.8. The van der Waals surface area contributed by atoms with E-state index in [0.29, 0.717) is 11.6 Å². The Hall–Kier alpha value is -3.34. The SMILES string of the molecule is Clc1nc(-c2cccc3ccccc23)nc(-c2cccc3sc4ccccc4c23)n1. The average Bonchev–Trinajstić information content (AvgIpc) is 3.17. The van der Waals surface area contributed by atoms with Gasteiger partial charge in [-0.1, -0.05) is 72.8 Å². The van der Waals surface area contributed by atoms with E-state index in [1.165, 1.54) is 14.8 Å². The highest BCUT2D eigenvalue weighted by Crippen LogP contribution is 2.39. The minimum absolute atomic E-state index is 0.194. The summed E-state index contributed by atoms with van der Waals surface area (Å²) >= 11 is 8.16. The van der Waals surface area contributed by atoms with E-state index in [0.717, 1.165) is 27.3 Å². The Bertz CT molecular complexity index is 1570. The highest BCUT2D eigenvalue weighted by Gasteiger charge is 2.16. The van der Waals surface area contributed by atoms with Crippen LogP contribution in [0.1, 0.15) is 0 Å². The number of nitrogens with zero attached hydrogens (tertiary/aromatic N) is 3. The van der Waals surface area contributed by atoms with Crippen LogP contribution >= 0.6 is 22.9 Å². The van der Waals surface area contributed by atoms with Gasteiger partial charge in [-0.15, -0.1) is 11.3 Å². The third-order valence-corrected chi connectivity index (χ3v) is 6.59. The molecule has 3 nitrogen and oxygen atoms in total. The predicted molar refractivity (Wildman–Crippen MR) is 126 cm³/mol. The summed E-state index contributed by atoms with van der Waals surface area (Å²) in [6.45, 7) is 0. The van der Waals surface area contributed by atoms with Gasteiger partial charge in [0.05, 0.1) is 0 Å². The van der Waals surface area contributed by atoms with E-state index in [-0.39, 0.29) is 5.28 Å². The van der Waals surface area contributed by atoms with Crippen molar-refractivity contribution >= 4 is 53.9 Å². The molecule has 0 unspecified atom stereocenters. The lowest BCUT2D eigenvalue weighted by Crippen LogP contribution is -1.98. The normalized spacial score (nSPS) is 11.5. The zero-order valence-corrected chi connectivity index (χ0v) is 17.3. The molecule has 30 heavy (non-hydrogen) atoms. The van der Waals surface area contributed by atoms with Crippen LogP contribution in [0.2, 0.25) is 5.28 Å². The molecule has 0 aliphatic carbocycles. The number of halogens is 1. The lowest BCUT2D eigenvalue weighted by molar-refractivity contribution is 1.07. The van der Waals surface area contributed by atoms with Gasteiger partial charge in [-0.05, 0) is 34.5 Å². The van der Waals surface area contributed by atoms with Crippen LogP contribution in [0.3, 0.4) is 0 Å². The highest BCUT2D eigenvalue weighted by atomic mass is 35.5. The number of rotatable bonds is 2. The second-order valence-corrected chi connectivity index (χ2v) is 8.48. The van der Waals surface area contributed by atoms with E-state index >= 15 is 0 Å². The van der Waals surface area contributed by atoms with Crippen LogP contribution in [0.15, 0.2) is 84.9 Å². The fourth-order valence-electron chi connectivity index (χ4n) is 3.97. The van der Waals surface area contributed by atoms with Gasteiger partial charge in [0.25, 0.3) is 0 Å². The number of fused-ring (bicyclic) bond motifs is 4. The van der Waals surface area contributed by atoms with E-state index in [1.807, 2.05) is 30.3 Å². The van der Waals surface area contributed by atoms with Crippen molar-refractivity contribution in [3.63, 3.8) is 0 Å². The quantitative estimate of drug-likeness (QED) is 0.291. The van der Waals surface area contributed by atoms with Gasteiger partial charge in [0, 0.05) is 31.3 Å². The van der Waals surface area contributed by atoms with Crippen LogP contribution in [0.4, 0.5) is 0 Å². The lowest BCUT2D eigenvalue weighted by Gasteiger charge is -2.08. The minimum Gasteiger partial charge on any atom is -0.208 e. The van der Waals surface area contributed by atoms with Gasteiger partial charge in [-0.3, -0.25) is 0 Å². The third-order valence-electron chi connectivity index (χ3n) is 5.28. The first kappa shape index (κ1) is 17.5. The largest absolute Gasteiger partial charge is 0.226 e. The highest BCUT2D eigenvalue weighted by molar-refractivity contribution is 7.25. The van der Waals surface area contributed by atoms with Gasteiger partial charge in [0.15, 0.2) is 11.6 Å². The number of benzene rings is 4. The van der Waals surface area contributed by atoms with E-state index in [2.05, 4.69) is 64.6 Å². The van der Waals surface area contributed by atoms with E-state index in [1.54, 1.807) is 11.3 Å². The van der Waals surface area contributed by atoms with Gasteiger partial charge in [-0.25, -0.2) is 4.98 Å². The molecule has 6 aromatic rings. The summed E-state index contributed by atoms with van der Waals surface area (Å²) in [5, 5.41) is 4.78. The molecule has 0 radical (unpaired) electrons. The molecular weight excluding hydrogens is 410 g/mol. The van der Waals surface area contributed by atoms with Crippen LogP contribution in [0.5, 0.6) is 0 Å². The fourth-order valence-corrected chi connectivity index (χ4v) is 5.26. The molecule has 0 saturated carbocycles. The predicted octanol–water partition coefficient (Wildman–Crippen LogP) is 7.38. The zero-order valence-electron chi connectivity index (χ0n) is 15.7. The maximum absolute atomic E-state index is 6.38. The molecule has 0 bridgehead atoms. The number of thiophene rings is 1. The van der Waals surface area contributed by atoms with E-state index in [9.17, 15) is 0 Å². The number of hydrogen-bond donors (Lipinski definition) is 0. The minimum atomic E-state index is 0.194. The summed E-state index contributed by atoms with van der Waals surface area (Å²) in [5.74, 6) is 1.17. The Morgan fingerprint density at radius 1 is 0.567 bits per heavy atom. The van der Waals surface area contributed by atoms with Gasteiger partial charge in [-0.2, -0.15) is 9.97 Å². The second-order valence-electron chi connectivity index (χ2n) is 7.06. The topological polar surface area (TPSA) is 38.7 Å². The Balaban J connectivity index is 1.63. The van der Waals surface area contributed by atoms with E-state index < -0.39 is 0 Å². The van der Waals surface area contributed by atoms with Crippen LogP contribution in [0.25, 0.3) is 53.7 Å². The molecule has 2 heterocycles. The molecule has 0 fully saturated rings. The van der Waals surface area contributed by atoms with Crippen LogP contribution in [0, 0.1) is 0 Å². The molecule has 0 atom stereocenters. The van der Waals surface area contributed by atoms with Gasteiger partial charge >= 0.3 is 0 Å². The Morgan fingerprint density at radius 3 is 2.10 bits per heavy atom. The molecule has 142 valence electrons. The van der Waals surface area contributed by atoms with Crippen molar-refractivity contribution in [3.8, 4) is 22.8 Å². The molecule has 0 saturated heterocycles. The molecule has 6 rings (SSSR count). The van der Waals surface area contributed by atoms with Gasteiger partial charge in [0.2, 0.25) is 5.28 Å². The summed E-state index contributed by atoms with van der Waals surface area (Å²) in [4.78, 5) is 13.8. The molecular formula is C25H14ClN3S. The van der Waals surface area contributed by atoms with Crippen LogP contribution in [-0.4, -0.2) is 15.0 Å². The molecule has 0 N–H and O–H groups in total. The molecule has 4 aromatic carbocycles. The van der Waals surface area contributed by atoms with Crippen molar-refractivity contribution in [2.75, 3.05) is 0 Å². The molecule has 0 aliphatic heterocycles. The first-order valence-corrected chi connectivity index (χ1v) is 10.8. The molecule has 5 heteroatoms. The van der Waals surface area contributed by atoms with Crippen molar-refractivity contribution in [2.45, 2.75) is 0 Å². The van der Waals surface area contributed by atoms with Crippen LogP contribution < -0.4 is 0 Å². The third kappa shape index (κ3) is 2.76. The summed E-state index contributed by atoms with van der Waals surface area (Å²) in [6, 6.07) is 29.0. The summed E-state index contributed by atoms with van der Waals surface area (Å²) in [6.07, 6.45) is 0. The molecule has 0 aliphatic rings. The standard InChI is InChI=1S/C25H14ClN3S/c26-25-28-23(17-11-5-8-15-7-1-2-9-16(15)17)27-24(29-25)19-12-6-14-21-22(19)18-10-3-4-13-20(18)30-21/h1-14H. The molecule has 0 spiro atoms. The van der Waals surface area contributed by atoms with Crippen molar-refractivity contribution in [1.29, 1.82) is 0 Å². The lowest BCUT2D eigenvalue weighted by atomic mass is 10.0. The van der Waals surface area contributed by atoms with Crippen molar-refractivity contribution in [2.24, 2.45) is 0 Å². The summed E-state index contributed by atoms with van der Waals surface area (Å²) in [7, 11) is 0. The Labute approximate surface area is 181 Å². The van der Waals surface area contributed by atoms with Crippen molar-refractivity contribution in [3.05, 3.63) is 90.2 Å². The Kier molecular flexibility index (Phi) is 4.01. The maximum Gasteiger partial charge on any atom is 0.226 e. The van der Waals surface area contributed by atoms with E-state index in [4.69, 9.17) is 16.6 Å². The monoisotopic (exact) mass is 423 g/mol. The van der Waals surface area contributed by atoms with Crippen molar-refractivity contribution < 1.29 is 0 Å². The summed E-state index contributed by atoms with van der Waals surface area (Å²) < 4.78 is 2.45. The summed E-state index contributed by atoms with van der Waals surface area (Å²) in [5.41, 5.74) is 1.91. The zero-order chi connectivity index (χ0) is 20.1. The molecule has 2 aromatic heterocycles. The number of aromatic nitrogens is 3. The van der Waals surface area contributed by atoms with Crippen LogP contribution in [-0.2, 0) is 0 Å². The second kappa shape index (κ2) is 6.87. The smallest absolute Gasteiger partial charge is 0.208 e.